The van der Waals surface area contributed by atoms with Crippen LogP contribution < -0.4 is 10.2 Å². The van der Waals surface area contributed by atoms with Crippen molar-refractivity contribution in [2.45, 2.75) is 27.7 Å². The Kier molecular flexibility index (Phi) is 6.52. The van der Waals surface area contributed by atoms with Gasteiger partial charge in [0.2, 0.25) is 0 Å². The molecule has 1 aliphatic heterocycles. The topological polar surface area (TPSA) is 65.5 Å². The summed E-state index contributed by atoms with van der Waals surface area (Å²) in [6.07, 6.45) is 1.53. The summed E-state index contributed by atoms with van der Waals surface area (Å²) in [5.74, 6) is 0.0658. The Labute approximate surface area is 172 Å². The fourth-order valence-corrected chi connectivity index (χ4v) is 3.49. The largest absolute Gasteiger partial charge is 0.368 e. The number of hydrogen-bond acceptors (Lipinski definition) is 4. The molecular formula is C23H30N4O2. The van der Waals surface area contributed by atoms with E-state index in [9.17, 15) is 9.59 Å². The average Bonchev–Trinajstić information content (AvgIpc) is 2.73. The van der Waals surface area contributed by atoms with Gasteiger partial charge in [0.25, 0.3) is 11.8 Å². The van der Waals surface area contributed by atoms with Crippen molar-refractivity contribution in [1.82, 2.24) is 15.2 Å². The number of hydrogen-bond donors (Lipinski definition) is 1. The van der Waals surface area contributed by atoms with Gasteiger partial charge in [-0.25, -0.2) is 0 Å². The Morgan fingerprint density at radius 3 is 2.52 bits per heavy atom. The summed E-state index contributed by atoms with van der Waals surface area (Å²) in [6, 6.07) is 9.62. The zero-order chi connectivity index (χ0) is 21.0. The molecule has 1 N–H and O–H groups in total. The van der Waals surface area contributed by atoms with Crippen molar-refractivity contribution in [2.75, 3.05) is 37.6 Å². The highest BCUT2D eigenvalue weighted by Crippen LogP contribution is 2.24. The number of rotatable bonds is 5. The van der Waals surface area contributed by atoms with Gasteiger partial charge in [-0.3, -0.25) is 14.6 Å². The van der Waals surface area contributed by atoms with Crippen molar-refractivity contribution in [3.8, 4) is 0 Å². The van der Waals surface area contributed by atoms with Crippen LogP contribution in [0.25, 0.3) is 0 Å². The lowest BCUT2D eigenvalue weighted by atomic mass is 10.1. The van der Waals surface area contributed by atoms with Crippen LogP contribution in [0, 0.1) is 19.8 Å². The number of nitrogens with zero attached hydrogens (tertiary/aromatic N) is 3. The zero-order valence-corrected chi connectivity index (χ0v) is 17.7. The van der Waals surface area contributed by atoms with Crippen LogP contribution in [0.4, 0.5) is 5.69 Å². The summed E-state index contributed by atoms with van der Waals surface area (Å²) in [5, 5.41) is 2.84. The Hall–Kier alpha value is -2.89. The number of aryl methyl sites for hydroxylation is 1. The van der Waals surface area contributed by atoms with Gasteiger partial charge in [0, 0.05) is 50.2 Å². The minimum Gasteiger partial charge on any atom is -0.368 e. The fraction of sp³-hybridized carbons (Fsp3) is 0.435. The second kappa shape index (κ2) is 9.07. The highest BCUT2D eigenvalue weighted by Gasteiger charge is 2.24. The first-order valence-electron chi connectivity index (χ1n) is 10.2. The highest BCUT2D eigenvalue weighted by molar-refractivity contribution is 5.98. The van der Waals surface area contributed by atoms with Gasteiger partial charge in [-0.2, -0.15) is 0 Å². The number of benzene rings is 1. The maximum absolute atomic E-state index is 13.0. The molecule has 2 heterocycles. The van der Waals surface area contributed by atoms with Crippen molar-refractivity contribution in [3.05, 3.63) is 58.9 Å². The minimum atomic E-state index is -0.243. The molecule has 1 saturated heterocycles. The quantitative estimate of drug-likeness (QED) is 0.847. The van der Waals surface area contributed by atoms with E-state index in [0.717, 1.165) is 13.1 Å². The lowest BCUT2D eigenvalue weighted by Crippen LogP contribution is -2.49. The summed E-state index contributed by atoms with van der Waals surface area (Å²) < 4.78 is 0. The molecule has 29 heavy (non-hydrogen) atoms. The number of aromatic nitrogens is 1. The van der Waals surface area contributed by atoms with Gasteiger partial charge in [0.05, 0.1) is 0 Å². The van der Waals surface area contributed by atoms with E-state index in [1.807, 2.05) is 18.7 Å². The minimum absolute atomic E-state index is 0.0501. The van der Waals surface area contributed by atoms with E-state index < -0.39 is 0 Å². The van der Waals surface area contributed by atoms with Gasteiger partial charge >= 0.3 is 0 Å². The normalized spacial score (nSPS) is 14.2. The molecule has 1 aliphatic rings. The summed E-state index contributed by atoms with van der Waals surface area (Å²) in [7, 11) is 0. The smallest absolute Gasteiger partial charge is 0.269 e. The monoisotopic (exact) mass is 394 g/mol. The molecule has 2 aromatic rings. The van der Waals surface area contributed by atoms with Crippen molar-refractivity contribution >= 4 is 17.5 Å². The summed E-state index contributed by atoms with van der Waals surface area (Å²) >= 11 is 0. The number of carbonyl (C=O) groups excluding carboxylic acids is 2. The second-order valence-electron chi connectivity index (χ2n) is 8.03. The van der Waals surface area contributed by atoms with Gasteiger partial charge in [-0.05, 0) is 49.1 Å². The predicted molar refractivity (Wildman–Crippen MR) is 115 cm³/mol. The van der Waals surface area contributed by atoms with Crippen molar-refractivity contribution < 1.29 is 9.59 Å². The molecule has 3 rings (SSSR count). The number of anilines is 1. The van der Waals surface area contributed by atoms with Crippen LogP contribution in [0.1, 0.15) is 45.8 Å². The lowest BCUT2D eigenvalue weighted by molar-refractivity contribution is 0.0746. The molecule has 1 aromatic carbocycles. The van der Waals surface area contributed by atoms with E-state index in [0.29, 0.717) is 31.1 Å². The Morgan fingerprint density at radius 1 is 1.10 bits per heavy atom. The molecule has 0 atom stereocenters. The number of piperazine rings is 1. The van der Waals surface area contributed by atoms with Gasteiger partial charge in [-0.1, -0.05) is 26.0 Å². The molecule has 6 nitrogen and oxygen atoms in total. The Balaban J connectivity index is 1.64. The van der Waals surface area contributed by atoms with Crippen molar-refractivity contribution in [3.63, 3.8) is 0 Å². The van der Waals surface area contributed by atoms with Gasteiger partial charge in [0.1, 0.15) is 5.69 Å². The standard InChI is InChI=1S/C23H30N4O2/c1-16(2)15-25-22(28)20-14-19(8-9-24-20)23(29)27-12-10-26(11-13-27)21-7-5-6-17(3)18(21)4/h5-9,14,16H,10-13,15H2,1-4H3,(H,25,28). The molecule has 0 unspecified atom stereocenters. The molecule has 0 aliphatic carbocycles. The van der Waals surface area contributed by atoms with Gasteiger partial charge in [-0.15, -0.1) is 0 Å². The third-order valence-electron chi connectivity index (χ3n) is 5.39. The molecule has 0 saturated carbocycles. The van der Waals surface area contributed by atoms with Crippen molar-refractivity contribution in [1.29, 1.82) is 0 Å². The average molecular weight is 395 g/mol. The third kappa shape index (κ3) is 4.94. The molecule has 0 spiro atoms. The van der Waals surface area contributed by atoms with Crippen LogP contribution in [0.5, 0.6) is 0 Å². The first-order valence-corrected chi connectivity index (χ1v) is 10.2. The molecule has 1 aromatic heterocycles. The van der Waals surface area contributed by atoms with E-state index in [-0.39, 0.29) is 17.5 Å². The Bertz CT molecular complexity index is 886. The van der Waals surface area contributed by atoms with Crippen LogP contribution in [0.15, 0.2) is 36.5 Å². The molecule has 6 heteroatoms. The maximum atomic E-state index is 13.0. The van der Waals surface area contributed by atoms with Crippen LogP contribution in [-0.4, -0.2) is 54.4 Å². The number of nitrogens with one attached hydrogen (secondary N) is 1. The van der Waals surface area contributed by atoms with Gasteiger partial charge < -0.3 is 15.1 Å². The molecule has 0 radical (unpaired) electrons. The number of pyridine rings is 1. The maximum Gasteiger partial charge on any atom is 0.269 e. The molecule has 154 valence electrons. The molecule has 2 amide bonds. The molecule has 1 fully saturated rings. The van der Waals surface area contributed by atoms with Crippen LogP contribution >= 0.6 is 0 Å². The van der Waals surface area contributed by atoms with E-state index in [2.05, 4.69) is 47.2 Å². The first-order chi connectivity index (χ1) is 13.9. The Morgan fingerprint density at radius 2 is 1.83 bits per heavy atom. The fourth-order valence-electron chi connectivity index (χ4n) is 3.49. The van der Waals surface area contributed by atoms with E-state index >= 15 is 0 Å². The van der Waals surface area contributed by atoms with E-state index in [1.54, 1.807) is 12.1 Å². The summed E-state index contributed by atoms with van der Waals surface area (Å²) in [5.41, 5.74) is 4.60. The SMILES string of the molecule is Cc1cccc(N2CCN(C(=O)c3ccnc(C(=O)NCC(C)C)c3)CC2)c1C. The first kappa shape index (κ1) is 20.8. The summed E-state index contributed by atoms with van der Waals surface area (Å²) in [6.45, 7) is 11.8. The van der Waals surface area contributed by atoms with Crippen LogP contribution in [0.3, 0.4) is 0 Å². The predicted octanol–water partition coefficient (Wildman–Crippen LogP) is 3.05. The lowest BCUT2D eigenvalue weighted by Gasteiger charge is -2.37. The molecular weight excluding hydrogens is 364 g/mol. The second-order valence-corrected chi connectivity index (χ2v) is 8.03. The molecule has 0 bridgehead atoms. The van der Waals surface area contributed by atoms with Gasteiger partial charge in [0.15, 0.2) is 0 Å². The number of carbonyl (C=O) groups is 2. The van der Waals surface area contributed by atoms with Crippen LogP contribution in [0.2, 0.25) is 0 Å². The zero-order valence-electron chi connectivity index (χ0n) is 17.7. The summed E-state index contributed by atoms with van der Waals surface area (Å²) in [4.78, 5) is 33.5. The van der Waals surface area contributed by atoms with E-state index in [4.69, 9.17) is 0 Å². The highest BCUT2D eigenvalue weighted by atomic mass is 16.2. The van der Waals surface area contributed by atoms with E-state index in [1.165, 1.54) is 23.0 Å². The number of amides is 2. The van der Waals surface area contributed by atoms with Crippen molar-refractivity contribution in [2.24, 2.45) is 5.92 Å². The van der Waals surface area contributed by atoms with Crippen LogP contribution in [-0.2, 0) is 0 Å². The third-order valence-corrected chi connectivity index (χ3v) is 5.39.